The molecule has 8 nitrogen and oxygen atoms in total. The van der Waals surface area contributed by atoms with Crippen molar-refractivity contribution < 1.29 is 29.0 Å². The lowest BCUT2D eigenvalue weighted by atomic mass is 9.94. The minimum atomic E-state index is -1.35. The molecule has 8 heteroatoms. The molecule has 2 N–H and O–H groups in total. The van der Waals surface area contributed by atoms with E-state index in [2.05, 4.69) is 29.6 Å². The van der Waals surface area contributed by atoms with Crippen LogP contribution in [0.3, 0.4) is 0 Å². The van der Waals surface area contributed by atoms with E-state index in [0.29, 0.717) is 19.4 Å². The predicted octanol–water partition coefficient (Wildman–Crippen LogP) is 3.01. The summed E-state index contributed by atoms with van der Waals surface area (Å²) >= 11 is 0. The molecule has 0 bridgehead atoms. The summed E-state index contributed by atoms with van der Waals surface area (Å²) in [5, 5.41) is 12.5. The molecule has 1 heterocycles. The first kappa shape index (κ1) is 22.4. The molecule has 1 aliphatic heterocycles. The smallest absolute Gasteiger partial charge is 0.407 e. The van der Waals surface area contributed by atoms with Gasteiger partial charge in [0.25, 0.3) is 0 Å². The number of alkyl carbamates (subject to hydrolysis) is 1. The molecule has 2 fully saturated rings. The minimum Gasteiger partial charge on any atom is -0.479 e. The topological polar surface area (TPSA) is 105 Å². The molecule has 2 aromatic carbocycles. The van der Waals surface area contributed by atoms with Gasteiger partial charge in [-0.3, -0.25) is 4.79 Å². The van der Waals surface area contributed by atoms with Crippen LogP contribution in [0.4, 0.5) is 4.79 Å². The van der Waals surface area contributed by atoms with E-state index in [0.717, 1.165) is 22.3 Å². The Hall–Kier alpha value is -3.39. The normalized spacial score (nSPS) is 21.9. The summed E-state index contributed by atoms with van der Waals surface area (Å²) in [5.74, 6) is -1.39. The third-order valence-corrected chi connectivity index (χ3v) is 7.57. The second kappa shape index (κ2) is 8.43. The van der Waals surface area contributed by atoms with Crippen molar-refractivity contribution in [2.45, 2.75) is 30.7 Å². The van der Waals surface area contributed by atoms with Crippen molar-refractivity contribution in [3.8, 4) is 11.1 Å². The van der Waals surface area contributed by atoms with E-state index in [1.54, 1.807) is 0 Å². The van der Waals surface area contributed by atoms with Crippen molar-refractivity contribution >= 4 is 18.0 Å². The molecular formula is C26H28N2O6. The summed E-state index contributed by atoms with van der Waals surface area (Å²) in [6.45, 7) is 0.582. The van der Waals surface area contributed by atoms with Gasteiger partial charge >= 0.3 is 12.1 Å². The zero-order valence-corrected chi connectivity index (χ0v) is 19.1. The summed E-state index contributed by atoms with van der Waals surface area (Å²) < 4.78 is 10.9. The van der Waals surface area contributed by atoms with Crippen LogP contribution in [-0.2, 0) is 19.1 Å². The lowest BCUT2D eigenvalue weighted by Crippen LogP contribution is -2.58. The number of likely N-dealkylation sites (N-methyl/N-ethyl adjacent to an activating group) is 1. The van der Waals surface area contributed by atoms with Crippen LogP contribution in [0.25, 0.3) is 11.1 Å². The molecule has 5 rings (SSSR count). The number of hydrogen-bond acceptors (Lipinski definition) is 5. The van der Waals surface area contributed by atoms with Crippen LogP contribution in [0.2, 0.25) is 0 Å². The Morgan fingerprint density at radius 3 is 2.21 bits per heavy atom. The first-order chi connectivity index (χ1) is 16.4. The monoisotopic (exact) mass is 464 g/mol. The second-order valence-corrected chi connectivity index (χ2v) is 9.46. The van der Waals surface area contributed by atoms with Crippen molar-refractivity contribution in [2.24, 2.45) is 5.41 Å². The Morgan fingerprint density at radius 2 is 1.68 bits per heavy atom. The Balaban J connectivity index is 1.20. The van der Waals surface area contributed by atoms with E-state index < -0.39 is 23.0 Å². The number of carbonyl (C=O) groups is 3. The number of rotatable bonds is 7. The van der Waals surface area contributed by atoms with Gasteiger partial charge in [0.05, 0.1) is 12.0 Å². The lowest BCUT2D eigenvalue weighted by molar-refractivity contribution is -0.160. The van der Waals surface area contributed by atoms with Crippen LogP contribution in [0.15, 0.2) is 48.5 Å². The third-order valence-electron chi connectivity index (χ3n) is 7.57. The molecule has 1 atom stereocenters. The van der Waals surface area contributed by atoms with Crippen LogP contribution in [0.1, 0.15) is 36.3 Å². The maximum Gasteiger partial charge on any atom is 0.407 e. The zero-order valence-electron chi connectivity index (χ0n) is 19.1. The molecular weight excluding hydrogens is 436 g/mol. The Morgan fingerprint density at radius 1 is 1.06 bits per heavy atom. The Bertz CT molecular complexity index is 1090. The van der Waals surface area contributed by atoms with E-state index in [1.165, 1.54) is 11.9 Å². The molecule has 178 valence electrons. The number of ether oxygens (including phenoxy) is 2. The number of amides is 2. The summed E-state index contributed by atoms with van der Waals surface area (Å²) in [4.78, 5) is 38.9. The fourth-order valence-corrected chi connectivity index (χ4v) is 5.19. The van der Waals surface area contributed by atoms with Crippen molar-refractivity contribution in [2.75, 3.05) is 33.4 Å². The second-order valence-electron chi connectivity index (χ2n) is 9.46. The maximum absolute atomic E-state index is 13.2. The van der Waals surface area contributed by atoms with Crippen molar-refractivity contribution in [3.05, 3.63) is 59.7 Å². The van der Waals surface area contributed by atoms with Gasteiger partial charge in [-0.25, -0.2) is 9.59 Å². The van der Waals surface area contributed by atoms with Crippen LogP contribution in [0.5, 0.6) is 0 Å². The van der Waals surface area contributed by atoms with E-state index in [4.69, 9.17) is 9.47 Å². The van der Waals surface area contributed by atoms with Crippen molar-refractivity contribution in [1.29, 1.82) is 0 Å². The predicted molar refractivity (Wildman–Crippen MR) is 123 cm³/mol. The van der Waals surface area contributed by atoms with Crippen LogP contribution >= 0.6 is 0 Å². The van der Waals surface area contributed by atoms with Gasteiger partial charge in [-0.15, -0.1) is 0 Å². The van der Waals surface area contributed by atoms with Crippen molar-refractivity contribution in [1.82, 2.24) is 10.2 Å². The lowest BCUT2D eigenvalue weighted by Gasteiger charge is -2.36. The van der Waals surface area contributed by atoms with Gasteiger partial charge in [-0.1, -0.05) is 48.5 Å². The van der Waals surface area contributed by atoms with Gasteiger partial charge in [-0.2, -0.15) is 0 Å². The molecule has 34 heavy (non-hydrogen) atoms. The number of carbonyl (C=O) groups excluding carboxylic acids is 2. The molecule has 0 spiro atoms. The standard InChI is InChI=1S/C26H28N2O6/c1-28(26(23(30)31)12-13-33-16-26)22(29)25(10-11-25)15-27-24(32)34-14-21-19-8-4-2-6-17(19)18-7-3-5-9-20(18)21/h2-9,21H,10-16H2,1H3,(H,27,32)(H,30,31). The largest absolute Gasteiger partial charge is 0.479 e. The Labute approximate surface area is 197 Å². The van der Waals surface area contributed by atoms with Gasteiger partial charge in [-0.05, 0) is 35.1 Å². The average Bonchev–Trinajstić information content (AvgIpc) is 3.34. The quantitative estimate of drug-likeness (QED) is 0.653. The molecule has 0 radical (unpaired) electrons. The van der Waals surface area contributed by atoms with Crippen LogP contribution in [0, 0.1) is 5.41 Å². The summed E-state index contributed by atoms with van der Waals surface area (Å²) in [6.07, 6.45) is 0.855. The first-order valence-corrected chi connectivity index (χ1v) is 11.6. The third kappa shape index (κ3) is 3.62. The number of carboxylic acid groups (broad SMARTS) is 1. The summed E-state index contributed by atoms with van der Waals surface area (Å²) in [6, 6.07) is 16.2. The highest BCUT2D eigenvalue weighted by Crippen LogP contribution is 2.48. The number of hydrogen-bond donors (Lipinski definition) is 2. The molecule has 0 aromatic heterocycles. The van der Waals surface area contributed by atoms with Crippen LogP contribution in [-0.4, -0.2) is 66.9 Å². The highest BCUT2D eigenvalue weighted by molar-refractivity contribution is 5.92. The molecule has 1 saturated heterocycles. The number of nitrogens with zero attached hydrogens (tertiary/aromatic N) is 1. The van der Waals surface area contributed by atoms with E-state index in [-0.39, 0.29) is 38.0 Å². The average molecular weight is 465 g/mol. The number of nitrogens with one attached hydrogen (secondary N) is 1. The number of aliphatic carboxylic acids is 1. The molecule has 2 aromatic rings. The summed E-state index contributed by atoms with van der Waals surface area (Å²) in [5.41, 5.74) is 2.43. The van der Waals surface area contributed by atoms with Gasteiger partial charge in [0, 0.05) is 32.5 Å². The molecule has 1 saturated carbocycles. The summed E-state index contributed by atoms with van der Waals surface area (Å²) in [7, 11) is 1.51. The number of carboxylic acids is 1. The maximum atomic E-state index is 13.2. The van der Waals surface area contributed by atoms with Crippen LogP contribution < -0.4 is 5.32 Å². The van der Waals surface area contributed by atoms with Crippen molar-refractivity contribution in [3.63, 3.8) is 0 Å². The van der Waals surface area contributed by atoms with Gasteiger partial charge in [0.2, 0.25) is 5.91 Å². The molecule has 2 amide bonds. The molecule has 3 aliphatic rings. The fraction of sp³-hybridized carbons (Fsp3) is 0.423. The van der Waals surface area contributed by atoms with Gasteiger partial charge < -0.3 is 24.8 Å². The van der Waals surface area contributed by atoms with E-state index in [1.807, 2.05) is 24.3 Å². The first-order valence-electron chi connectivity index (χ1n) is 11.6. The highest BCUT2D eigenvalue weighted by Gasteiger charge is 2.57. The number of fused-ring (bicyclic) bond motifs is 3. The van der Waals surface area contributed by atoms with E-state index in [9.17, 15) is 19.5 Å². The molecule has 1 unspecified atom stereocenters. The van der Waals surface area contributed by atoms with Gasteiger partial charge in [0.15, 0.2) is 5.54 Å². The zero-order chi connectivity index (χ0) is 23.9. The Kier molecular flexibility index (Phi) is 5.56. The highest BCUT2D eigenvalue weighted by atomic mass is 16.5. The fourth-order valence-electron chi connectivity index (χ4n) is 5.19. The number of benzene rings is 2. The molecule has 2 aliphatic carbocycles. The minimum absolute atomic E-state index is 0.0273. The van der Waals surface area contributed by atoms with Gasteiger partial charge in [0.1, 0.15) is 6.61 Å². The van der Waals surface area contributed by atoms with E-state index >= 15 is 0 Å². The SMILES string of the molecule is CN(C(=O)C1(CNC(=O)OCC2c3ccccc3-c3ccccc32)CC1)C1(C(=O)O)CCOC1.